The van der Waals surface area contributed by atoms with Crippen molar-refractivity contribution in [3.63, 3.8) is 0 Å². The molecule has 0 saturated heterocycles. The van der Waals surface area contributed by atoms with Gasteiger partial charge in [0.1, 0.15) is 17.4 Å². The first-order chi connectivity index (χ1) is 10.3. The molecule has 0 aliphatic rings. The highest BCUT2D eigenvalue weighted by molar-refractivity contribution is 6.04. The quantitative estimate of drug-likeness (QED) is 0.775. The van der Waals surface area contributed by atoms with E-state index in [0.29, 0.717) is 16.5 Å². The van der Waals surface area contributed by atoms with Gasteiger partial charge in [-0.25, -0.2) is 0 Å². The predicted molar refractivity (Wildman–Crippen MR) is 80.2 cm³/mol. The van der Waals surface area contributed by atoms with E-state index >= 15 is 0 Å². The highest BCUT2D eigenvalue weighted by atomic mass is 16.4. The Bertz CT molecular complexity index is 838. The Balaban J connectivity index is 2.70. The SMILES string of the molecule is Cc1cccc2c1c(O)c(C(=O)N[C@@H](C)C(=O)O)c(=O)n2C. The Morgan fingerprint density at radius 1 is 1.32 bits per heavy atom. The number of amides is 1. The van der Waals surface area contributed by atoms with Crippen LogP contribution in [-0.4, -0.2) is 32.7 Å². The van der Waals surface area contributed by atoms with Crippen molar-refractivity contribution in [3.05, 3.63) is 39.7 Å². The van der Waals surface area contributed by atoms with Crippen LogP contribution in [0, 0.1) is 6.92 Å². The van der Waals surface area contributed by atoms with Crippen molar-refractivity contribution in [2.45, 2.75) is 19.9 Å². The molecule has 1 heterocycles. The molecule has 0 radical (unpaired) electrons. The number of pyridine rings is 1. The molecule has 7 nitrogen and oxygen atoms in total. The largest absolute Gasteiger partial charge is 0.506 e. The lowest BCUT2D eigenvalue weighted by Gasteiger charge is -2.14. The minimum absolute atomic E-state index is 0.387. The van der Waals surface area contributed by atoms with E-state index < -0.39 is 34.8 Å². The molecule has 1 aromatic heterocycles. The summed E-state index contributed by atoms with van der Waals surface area (Å²) in [6.07, 6.45) is 0. The number of nitrogens with one attached hydrogen (secondary N) is 1. The minimum atomic E-state index is -1.23. The Labute approximate surface area is 125 Å². The molecule has 2 rings (SSSR count). The van der Waals surface area contributed by atoms with Crippen molar-refractivity contribution in [1.29, 1.82) is 0 Å². The van der Waals surface area contributed by atoms with E-state index in [1.807, 2.05) is 0 Å². The number of aryl methyl sites for hydroxylation is 2. The maximum absolute atomic E-state index is 12.3. The summed E-state index contributed by atoms with van der Waals surface area (Å²) in [4.78, 5) is 35.3. The Kier molecular flexibility index (Phi) is 3.90. The summed E-state index contributed by atoms with van der Waals surface area (Å²) >= 11 is 0. The number of hydrogen-bond donors (Lipinski definition) is 3. The van der Waals surface area contributed by atoms with Crippen molar-refractivity contribution in [2.75, 3.05) is 0 Å². The minimum Gasteiger partial charge on any atom is -0.506 e. The molecule has 0 unspecified atom stereocenters. The Morgan fingerprint density at radius 3 is 2.55 bits per heavy atom. The van der Waals surface area contributed by atoms with Crippen LogP contribution in [0.15, 0.2) is 23.0 Å². The second kappa shape index (κ2) is 5.51. The van der Waals surface area contributed by atoms with Crippen LogP contribution < -0.4 is 10.9 Å². The third-order valence-corrected chi connectivity index (χ3v) is 3.55. The zero-order valence-electron chi connectivity index (χ0n) is 12.4. The molecule has 116 valence electrons. The van der Waals surface area contributed by atoms with Crippen LogP contribution in [0.1, 0.15) is 22.8 Å². The fraction of sp³-hybridized carbons (Fsp3) is 0.267. The van der Waals surface area contributed by atoms with Gasteiger partial charge >= 0.3 is 5.97 Å². The highest BCUT2D eigenvalue weighted by Crippen LogP contribution is 2.28. The summed E-state index contributed by atoms with van der Waals surface area (Å²) in [7, 11) is 1.49. The van der Waals surface area contributed by atoms with E-state index in [-0.39, 0.29) is 0 Å². The molecule has 0 spiro atoms. The van der Waals surface area contributed by atoms with Crippen molar-refractivity contribution < 1.29 is 19.8 Å². The molecule has 0 bridgehead atoms. The molecule has 22 heavy (non-hydrogen) atoms. The van der Waals surface area contributed by atoms with E-state index in [1.54, 1.807) is 25.1 Å². The van der Waals surface area contributed by atoms with Gasteiger partial charge < -0.3 is 20.1 Å². The number of aliphatic carboxylic acids is 1. The van der Waals surface area contributed by atoms with Gasteiger partial charge in [-0.1, -0.05) is 12.1 Å². The summed E-state index contributed by atoms with van der Waals surface area (Å²) in [6.45, 7) is 3.02. The van der Waals surface area contributed by atoms with Gasteiger partial charge in [0.15, 0.2) is 0 Å². The fourth-order valence-corrected chi connectivity index (χ4v) is 2.28. The molecule has 0 saturated carbocycles. The second-order valence-electron chi connectivity index (χ2n) is 5.09. The first-order valence-corrected chi connectivity index (χ1v) is 6.60. The summed E-state index contributed by atoms with van der Waals surface area (Å²) in [5.74, 6) is -2.59. The van der Waals surface area contributed by atoms with Crippen LogP contribution in [0.2, 0.25) is 0 Å². The maximum atomic E-state index is 12.3. The van der Waals surface area contributed by atoms with Gasteiger partial charge in [0, 0.05) is 12.4 Å². The molecule has 0 aliphatic carbocycles. The highest BCUT2D eigenvalue weighted by Gasteiger charge is 2.24. The number of carboxylic acid groups (broad SMARTS) is 1. The van der Waals surface area contributed by atoms with Gasteiger partial charge in [0.25, 0.3) is 11.5 Å². The summed E-state index contributed by atoms with van der Waals surface area (Å²) in [5, 5.41) is 21.7. The van der Waals surface area contributed by atoms with Gasteiger partial charge in [-0.2, -0.15) is 0 Å². The van der Waals surface area contributed by atoms with E-state index in [2.05, 4.69) is 5.32 Å². The lowest BCUT2D eigenvalue weighted by Crippen LogP contribution is -2.41. The van der Waals surface area contributed by atoms with E-state index in [4.69, 9.17) is 5.11 Å². The molecule has 7 heteroatoms. The summed E-state index contributed by atoms with van der Waals surface area (Å²) < 4.78 is 1.25. The van der Waals surface area contributed by atoms with Crippen molar-refractivity contribution in [2.24, 2.45) is 7.05 Å². The van der Waals surface area contributed by atoms with E-state index in [1.165, 1.54) is 18.5 Å². The van der Waals surface area contributed by atoms with E-state index in [0.717, 1.165) is 0 Å². The van der Waals surface area contributed by atoms with Gasteiger partial charge in [-0.3, -0.25) is 14.4 Å². The third kappa shape index (κ3) is 2.41. The number of nitrogens with zero attached hydrogens (tertiary/aromatic N) is 1. The average molecular weight is 304 g/mol. The van der Waals surface area contributed by atoms with Gasteiger partial charge in [0.05, 0.1) is 5.52 Å². The third-order valence-electron chi connectivity index (χ3n) is 3.55. The summed E-state index contributed by atoms with van der Waals surface area (Å²) in [5.41, 5.74) is 0.0411. The number of aromatic hydroxyl groups is 1. The lowest BCUT2D eigenvalue weighted by atomic mass is 10.0. The number of fused-ring (bicyclic) bond motifs is 1. The zero-order chi connectivity index (χ0) is 16.6. The van der Waals surface area contributed by atoms with Gasteiger partial charge in [-0.05, 0) is 25.5 Å². The van der Waals surface area contributed by atoms with Crippen molar-refractivity contribution in [1.82, 2.24) is 9.88 Å². The number of rotatable bonds is 3. The van der Waals surface area contributed by atoms with Crippen molar-refractivity contribution >= 4 is 22.8 Å². The van der Waals surface area contributed by atoms with Crippen LogP contribution in [-0.2, 0) is 11.8 Å². The number of hydrogen-bond acceptors (Lipinski definition) is 4. The first-order valence-electron chi connectivity index (χ1n) is 6.60. The second-order valence-corrected chi connectivity index (χ2v) is 5.09. The number of carbonyl (C=O) groups excluding carboxylic acids is 1. The summed E-state index contributed by atoms with van der Waals surface area (Å²) in [6, 6.07) is 3.96. The number of carbonyl (C=O) groups is 2. The number of benzene rings is 1. The molecular weight excluding hydrogens is 288 g/mol. The molecule has 0 fully saturated rings. The monoisotopic (exact) mass is 304 g/mol. The molecule has 2 aromatic rings. The van der Waals surface area contributed by atoms with Crippen LogP contribution >= 0.6 is 0 Å². The molecule has 3 N–H and O–H groups in total. The lowest BCUT2D eigenvalue weighted by molar-refractivity contribution is -0.138. The fourth-order valence-electron chi connectivity index (χ4n) is 2.28. The van der Waals surface area contributed by atoms with Crippen LogP contribution in [0.4, 0.5) is 0 Å². The van der Waals surface area contributed by atoms with Gasteiger partial charge in [-0.15, -0.1) is 0 Å². The Hall–Kier alpha value is -2.83. The predicted octanol–water partition coefficient (Wildman–Crippen LogP) is 0.755. The number of carboxylic acids is 1. The maximum Gasteiger partial charge on any atom is 0.325 e. The van der Waals surface area contributed by atoms with Crippen LogP contribution in [0.25, 0.3) is 10.9 Å². The number of aromatic nitrogens is 1. The smallest absolute Gasteiger partial charge is 0.325 e. The van der Waals surface area contributed by atoms with Crippen LogP contribution in [0.5, 0.6) is 5.75 Å². The topological polar surface area (TPSA) is 109 Å². The van der Waals surface area contributed by atoms with Gasteiger partial charge in [0.2, 0.25) is 0 Å². The molecule has 1 amide bonds. The van der Waals surface area contributed by atoms with E-state index in [9.17, 15) is 19.5 Å². The molecular formula is C15H16N2O5. The molecule has 0 aliphatic heterocycles. The molecule has 1 aromatic carbocycles. The molecule has 1 atom stereocenters. The normalized spacial score (nSPS) is 12.1. The first kappa shape index (κ1) is 15.6. The Morgan fingerprint density at radius 2 is 1.95 bits per heavy atom. The average Bonchev–Trinajstić information content (AvgIpc) is 2.44. The standard InChI is InChI=1S/C15H16N2O5/c1-7-5-4-6-9-10(7)12(18)11(14(20)17(9)3)13(19)16-8(2)15(21)22/h4-6,8,18H,1-3H3,(H,16,19)(H,21,22)/t8-/m0/s1. The van der Waals surface area contributed by atoms with Crippen molar-refractivity contribution in [3.8, 4) is 5.75 Å². The van der Waals surface area contributed by atoms with Crippen LogP contribution in [0.3, 0.4) is 0 Å². The zero-order valence-corrected chi connectivity index (χ0v) is 12.4.